The SMILES string of the molecule is CNCC(C)O[Cl+][O-]. The highest BCUT2D eigenvalue weighted by molar-refractivity contribution is 4.46. The molecule has 0 aliphatic carbocycles. The zero-order valence-corrected chi connectivity index (χ0v) is 5.73. The van der Waals surface area contributed by atoms with Gasteiger partial charge in [-0.05, 0) is 14.0 Å². The van der Waals surface area contributed by atoms with Crippen LogP contribution < -0.4 is 9.98 Å². The molecular formula is C4H10ClNO2. The molecule has 4 heteroatoms. The first-order valence-electron chi connectivity index (χ1n) is 2.38. The largest absolute Gasteiger partial charge is 0.506 e. The van der Waals surface area contributed by atoms with Crippen molar-refractivity contribution in [2.24, 2.45) is 0 Å². The van der Waals surface area contributed by atoms with E-state index in [9.17, 15) is 4.66 Å². The first-order chi connectivity index (χ1) is 3.81. The molecule has 0 aromatic heterocycles. The predicted molar refractivity (Wildman–Crippen MR) is 24.5 cm³/mol. The monoisotopic (exact) mass is 139 g/mol. The first kappa shape index (κ1) is 8.17. The third kappa shape index (κ3) is 4.33. The fourth-order valence-electron chi connectivity index (χ4n) is 0.381. The number of halogens is 1. The molecule has 0 fully saturated rings. The molecule has 0 saturated heterocycles. The van der Waals surface area contributed by atoms with E-state index in [0.717, 1.165) is 0 Å². The molecule has 1 atom stereocenters. The molecule has 0 spiro atoms. The van der Waals surface area contributed by atoms with E-state index in [1.54, 1.807) is 0 Å². The van der Waals surface area contributed by atoms with Gasteiger partial charge in [-0.1, -0.05) is 4.29 Å². The van der Waals surface area contributed by atoms with E-state index >= 15 is 0 Å². The maximum Gasteiger partial charge on any atom is 0.331 e. The van der Waals surface area contributed by atoms with Gasteiger partial charge >= 0.3 is 11.3 Å². The minimum Gasteiger partial charge on any atom is -0.506 e. The van der Waals surface area contributed by atoms with Crippen molar-refractivity contribution in [2.45, 2.75) is 13.0 Å². The van der Waals surface area contributed by atoms with Gasteiger partial charge in [0.2, 0.25) is 0 Å². The number of likely N-dealkylation sites (N-methyl/N-ethyl adjacent to an activating group) is 1. The zero-order chi connectivity index (χ0) is 6.41. The maximum atomic E-state index is 9.63. The van der Waals surface area contributed by atoms with Gasteiger partial charge in [0, 0.05) is 6.54 Å². The summed E-state index contributed by atoms with van der Waals surface area (Å²) in [5.74, 6) is 0. The summed E-state index contributed by atoms with van der Waals surface area (Å²) in [6.45, 7) is 2.52. The van der Waals surface area contributed by atoms with Crippen molar-refractivity contribution in [3.05, 3.63) is 0 Å². The third-order valence-electron chi connectivity index (χ3n) is 0.680. The van der Waals surface area contributed by atoms with Gasteiger partial charge < -0.3 is 9.98 Å². The van der Waals surface area contributed by atoms with Crippen LogP contribution in [-0.2, 0) is 4.29 Å². The van der Waals surface area contributed by atoms with Gasteiger partial charge in [-0.3, -0.25) is 0 Å². The minimum atomic E-state index is -0.0224. The van der Waals surface area contributed by atoms with Crippen molar-refractivity contribution in [1.82, 2.24) is 5.32 Å². The summed E-state index contributed by atoms with van der Waals surface area (Å²) in [7, 11) is 1.81. The molecule has 1 unspecified atom stereocenters. The van der Waals surface area contributed by atoms with Crippen LogP contribution in [0, 0.1) is 11.3 Å². The summed E-state index contributed by atoms with van der Waals surface area (Å²) in [5, 5.41) is 2.87. The van der Waals surface area contributed by atoms with Crippen molar-refractivity contribution >= 4 is 0 Å². The molecule has 0 aromatic rings. The fourth-order valence-corrected chi connectivity index (χ4v) is 0.568. The highest BCUT2D eigenvalue weighted by atomic mass is 35.6. The van der Waals surface area contributed by atoms with Crippen molar-refractivity contribution in [1.29, 1.82) is 0 Å². The Morgan fingerprint density at radius 1 is 1.88 bits per heavy atom. The Hall–Kier alpha value is 0.170. The smallest absolute Gasteiger partial charge is 0.331 e. The number of hydrogen-bond donors (Lipinski definition) is 1. The molecule has 0 bridgehead atoms. The summed E-state index contributed by atoms with van der Waals surface area (Å²) in [4.78, 5) is 0. The molecule has 8 heavy (non-hydrogen) atoms. The molecule has 0 aromatic carbocycles. The molecule has 3 nitrogen and oxygen atoms in total. The average Bonchev–Trinajstić information content (AvgIpc) is 1.68. The topological polar surface area (TPSA) is 44.3 Å². The van der Waals surface area contributed by atoms with Gasteiger partial charge in [0.25, 0.3) is 0 Å². The normalized spacial score (nSPS) is 13.9. The molecule has 0 amide bonds. The van der Waals surface area contributed by atoms with Crippen LogP contribution in [0.2, 0.25) is 0 Å². The Morgan fingerprint density at radius 2 is 2.50 bits per heavy atom. The van der Waals surface area contributed by atoms with E-state index < -0.39 is 0 Å². The Morgan fingerprint density at radius 3 is 2.88 bits per heavy atom. The standard InChI is InChI=1S/C4H10ClNO2/c1-4(3-6-2)8-5-7/h4,6H,3H2,1-2H3. The van der Waals surface area contributed by atoms with Gasteiger partial charge in [-0.15, -0.1) is 0 Å². The molecular weight excluding hydrogens is 130 g/mol. The summed E-state index contributed by atoms with van der Waals surface area (Å²) < 4.78 is 14.2. The van der Waals surface area contributed by atoms with Crippen molar-refractivity contribution in [3.63, 3.8) is 0 Å². The second-order valence-electron chi connectivity index (χ2n) is 1.52. The van der Waals surface area contributed by atoms with Crippen LogP contribution in [0.4, 0.5) is 0 Å². The second-order valence-corrected chi connectivity index (χ2v) is 1.82. The van der Waals surface area contributed by atoms with E-state index in [0.29, 0.717) is 17.9 Å². The summed E-state index contributed by atoms with van der Waals surface area (Å²) >= 11 is 0.561. The van der Waals surface area contributed by atoms with Crippen LogP contribution in [0.1, 0.15) is 6.92 Å². The van der Waals surface area contributed by atoms with Crippen molar-refractivity contribution in [3.8, 4) is 0 Å². The predicted octanol–water partition coefficient (Wildman–Crippen LogP) is -1.11. The third-order valence-corrected chi connectivity index (χ3v) is 1.06. The first-order valence-corrected chi connectivity index (χ1v) is 3.00. The molecule has 50 valence electrons. The van der Waals surface area contributed by atoms with E-state index in [1.807, 2.05) is 14.0 Å². The quantitative estimate of drug-likeness (QED) is 0.537. The molecule has 1 N–H and O–H groups in total. The molecule has 0 heterocycles. The molecule has 0 rings (SSSR count). The van der Waals surface area contributed by atoms with Gasteiger partial charge in [0.05, 0.1) is 0 Å². The van der Waals surface area contributed by atoms with Gasteiger partial charge in [0.15, 0.2) is 0 Å². The summed E-state index contributed by atoms with van der Waals surface area (Å²) in [6.07, 6.45) is -0.0224. The molecule has 0 radical (unpaired) electrons. The molecule has 0 aliphatic heterocycles. The van der Waals surface area contributed by atoms with Crippen LogP contribution in [0.3, 0.4) is 0 Å². The zero-order valence-electron chi connectivity index (χ0n) is 4.98. The van der Waals surface area contributed by atoms with E-state index in [-0.39, 0.29) is 6.10 Å². The number of nitrogens with one attached hydrogen (secondary N) is 1. The van der Waals surface area contributed by atoms with Crippen LogP contribution in [0.5, 0.6) is 0 Å². The lowest BCUT2D eigenvalue weighted by molar-refractivity contribution is -1.27. The number of rotatable bonds is 4. The van der Waals surface area contributed by atoms with Gasteiger partial charge in [-0.2, -0.15) is 0 Å². The fraction of sp³-hybridized carbons (Fsp3) is 1.00. The Balaban J connectivity index is 2.92. The molecule has 0 saturated carbocycles. The lowest BCUT2D eigenvalue weighted by Crippen LogP contribution is -2.25. The summed E-state index contributed by atoms with van der Waals surface area (Å²) in [5.41, 5.74) is 0. The highest BCUT2D eigenvalue weighted by Gasteiger charge is 2.04. The Kier molecular flexibility index (Phi) is 5.42. The van der Waals surface area contributed by atoms with E-state index in [4.69, 9.17) is 0 Å². The lowest BCUT2D eigenvalue weighted by Gasteiger charge is -2.00. The number of hydrogen-bond acceptors (Lipinski definition) is 3. The maximum absolute atomic E-state index is 9.63. The average molecular weight is 140 g/mol. The lowest BCUT2D eigenvalue weighted by atomic mass is 10.4. The van der Waals surface area contributed by atoms with Crippen molar-refractivity contribution in [2.75, 3.05) is 13.6 Å². The minimum absolute atomic E-state index is 0.0224. The Labute approximate surface area is 53.1 Å². The molecule has 0 aliphatic rings. The van der Waals surface area contributed by atoms with E-state index in [1.165, 1.54) is 0 Å². The Bertz CT molecular complexity index is 47.3. The van der Waals surface area contributed by atoms with Crippen LogP contribution in [-0.4, -0.2) is 19.7 Å². The highest BCUT2D eigenvalue weighted by Crippen LogP contribution is 1.84. The van der Waals surface area contributed by atoms with Crippen LogP contribution in [0.25, 0.3) is 0 Å². The van der Waals surface area contributed by atoms with Gasteiger partial charge in [0.1, 0.15) is 6.10 Å². The van der Waals surface area contributed by atoms with Gasteiger partial charge in [-0.25, -0.2) is 0 Å². The second kappa shape index (κ2) is 5.31. The van der Waals surface area contributed by atoms with Crippen LogP contribution >= 0.6 is 0 Å². The van der Waals surface area contributed by atoms with E-state index in [2.05, 4.69) is 9.61 Å². The van der Waals surface area contributed by atoms with Crippen molar-refractivity contribution < 1.29 is 20.3 Å². The van der Waals surface area contributed by atoms with Crippen LogP contribution in [0.15, 0.2) is 0 Å². The summed E-state index contributed by atoms with van der Waals surface area (Å²) in [6, 6.07) is 0.